The fraction of sp³-hybridized carbons (Fsp3) is 0.500. The smallest absolute Gasteiger partial charge is 0.127 e. The normalized spacial score (nSPS) is 21.3. The van der Waals surface area contributed by atoms with Crippen LogP contribution in [0.15, 0.2) is 18.2 Å². The number of hydrogen-bond donors (Lipinski definition) is 1. The minimum Gasteiger partial charge on any atom is -0.329 e. The van der Waals surface area contributed by atoms with Crippen LogP contribution in [0, 0.1) is 17.1 Å². The van der Waals surface area contributed by atoms with Gasteiger partial charge in [-0.3, -0.25) is 4.90 Å². The SMILES string of the molecule is CN1CCN(Cc2cc(C#N)ccc2F)C(CN)C1. The second-order valence-electron chi connectivity index (χ2n) is 5.04. The lowest BCUT2D eigenvalue weighted by Gasteiger charge is -2.39. The largest absolute Gasteiger partial charge is 0.329 e. The number of hydrogen-bond acceptors (Lipinski definition) is 4. The number of nitrogens with two attached hydrogens (primary N) is 1. The van der Waals surface area contributed by atoms with Gasteiger partial charge in [0.1, 0.15) is 5.82 Å². The zero-order chi connectivity index (χ0) is 13.8. The molecule has 1 aromatic carbocycles. The Bertz CT molecular complexity index is 483. The lowest BCUT2D eigenvalue weighted by Crippen LogP contribution is -2.54. The maximum absolute atomic E-state index is 13.8. The number of benzene rings is 1. The molecule has 1 saturated heterocycles. The van der Waals surface area contributed by atoms with Crippen LogP contribution in [0.25, 0.3) is 0 Å². The molecule has 0 aromatic heterocycles. The molecule has 1 aromatic rings. The Kier molecular flexibility index (Phi) is 4.48. The van der Waals surface area contributed by atoms with E-state index in [2.05, 4.69) is 16.8 Å². The molecular formula is C14H19FN4. The molecule has 102 valence electrons. The molecule has 1 heterocycles. The summed E-state index contributed by atoms with van der Waals surface area (Å²) >= 11 is 0. The first-order valence-electron chi connectivity index (χ1n) is 6.45. The number of piperazine rings is 1. The molecule has 2 N–H and O–H groups in total. The van der Waals surface area contributed by atoms with E-state index in [0.717, 1.165) is 19.6 Å². The van der Waals surface area contributed by atoms with E-state index in [0.29, 0.717) is 24.2 Å². The van der Waals surface area contributed by atoms with Crippen LogP contribution < -0.4 is 5.73 Å². The summed E-state index contributed by atoms with van der Waals surface area (Å²) in [5.74, 6) is -0.256. The van der Waals surface area contributed by atoms with Crippen LogP contribution in [0.2, 0.25) is 0 Å². The van der Waals surface area contributed by atoms with Crippen LogP contribution in [0.5, 0.6) is 0 Å². The monoisotopic (exact) mass is 262 g/mol. The highest BCUT2D eigenvalue weighted by Gasteiger charge is 2.24. The first-order chi connectivity index (χ1) is 9.13. The molecule has 1 aliphatic heterocycles. The predicted molar refractivity (Wildman–Crippen MR) is 71.9 cm³/mol. The maximum atomic E-state index is 13.8. The van der Waals surface area contributed by atoms with Gasteiger partial charge >= 0.3 is 0 Å². The van der Waals surface area contributed by atoms with E-state index in [1.165, 1.54) is 12.1 Å². The average Bonchev–Trinajstić information content (AvgIpc) is 2.43. The van der Waals surface area contributed by atoms with Crippen molar-refractivity contribution in [1.82, 2.24) is 9.80 Å². The van der Waals surface area contributed by atoms with E-state index in [1.54, 1.807) is 6.07 Å². The Hall–Kier alpha value is -1.48. The van der Waals surface area contributed by atoms with Crippen LogP contribution >= 0.6 is 0 Å². The maximum Gasteiger partial charge on any atom is 0.127 e. The quantitative estimate of drug-likeness (QED) is 0.874. The van der Waals surface area contributed by atoms with Gasteiger partial charge in [0.05, 0.1) is 11.6 Å². The molecule has 0 spiro atoms. The van der Waals surface area contributed by atoms with Gasteiger partial charge in [0.15, 0.2) is 0 Å². The molecule has 19 heavy (non-hydrogen) atoms. The van der Waals surface area contributed by atoms with Crippen molar-refractivity contribution in [2.75, 3.05) is 33.2 Å². The van der Waals surface area contributed by atoms with Crippen LogP contribution in [0.3, 0.4) is 0 Å². The second-order valence-corrected chi connectivity index (χ2v) is 5.04. The molecule has 5 heteroatoms. The van der Waals surface area contributed by atoms with Crippen LogP contribution in [-0.2, 0) is 6.54 Å². The van der Waals surface area contributed by atoms with Gasteiger partial charge in [-0.1, -0.05) is 0 Å². The summed E-state index contributed by atoms with van der Waals surface area (Å²) in [5, 5.41) is 8.88. The van der Waals surface area contributed by atoms with E-state index in [1.807, 2.05) is 6.07 Å². The lowest BCUT2D eigenvalue weighted by atomic mass is 10.1. The van der Waals surface area contributed by atoms with Crippen LogP contribution in [0.1, 0.15) is 11.1 Å². The molecule has 1 fully saturated rings. The summed E-state index contributed by atoms with van der Waals surface area (Å²) in [5.41, 5.74) is 6.86. The van der Waals surface area contributed by atoms with E-state index in [9.17, 15) is 4.39 Å². The minimum atomic E-state index is -0.256. The molecule has 0 saturated carbocycles. The van der Waals surface area contributed by atoms with Gasteiger partial charge < -0.3 is 10.6 Å². The Labute approximate surface area is 113 Å². The van der Waals surface area contributed by atoms with Gasteiger partial charge in [-0.15, -0.1) is 0 Å². The summed E-state index contributed by atoms with van der Waals surface area (Å²) in [6.07, 6.45) is 0. The van der Waals surface area contributed by atoms with Gasteiger partial charge in [0.25, 0.3) is 0 Å². The van der Waals surface area contributed by atoms with E-state index < -0.39 is 0 Å². The molecule has 1 unspecified atom stereocenters. The molecule has 1 aliphatic rings. The van der Waals surface area contributed by atoms with Crippen molar-refractivity contribution >= 4 is 0 Å². The average molecular weight is 262 g/mol. The van der Waals surface area contributed by atoms with Crippen molar-refractivity contribution in [3.8, 4) is 6.07 Å². The zero-order valence-corrected chi connectivity index (χ0v) is 11.1. The van der Waals surface area contributed by atoms with Gasteiger partial charge in [-0.25, -0.2) is 4.39 Å². The highest BCUT2D eigenvalue weighted by molar-refractivity contribution is 5.33. The lowest BCUT2D eigenvalue weighted by molar-refractivity contribution is 0.0871. The topological polar surface area (TPSA) is 56.3 Å². The standard InChI is InChI=1S/C14H19FN4/c1-18-4-5-19(13(8-17)10-18)9-12-6-11(7-16)2-3-14(12)15/h2-3,6,13H,4-5,8-10,17H2,1H3. The summed E-state index contributed by atoms with van der Waals surface area (Å²) in [7, 11) is 2.07. The molecular weight excluding hydrogens is 243 g/mol. The Morgan fingerprint density at radius 1 is 1.47 bits per heavy atom. The number of nitrogens with zero attached hydrogens (tertiary/aromatic N) is 3. The third-order valence-corrected chi connectivity index (χ3v) is 3.63. The number of halogens is 1. The van der Waals surface area contributed by atoms with E-state index in [4.69, 9.17) is 11.0 Å². The highest BCUT2D eigenvalue weighted by atomic mass is 19.1. The number of nitriles is 1. The first kappa shape index (κ1) is 13.9. The van der Waals surface area contributed by atoms with E-state index >= 15 is 0 Å². The zero-order valence-electron chi connectivity index (χ0n) is 11.1. The van der Waals surface area contributed by atoms with Gasteiger partial charge in [-0.05, 0) is 25.2 Å². The van der Waals surface area contributed by atoms with Crippen molar-refractivity contribution < 1.29 is 4.39 Å². The summed E-state index contributed by atoms with van der Waals surface area (Å²) in [6, 6.07) is 6.78. The van der Waals surface area contributed by atoms with E-state index in [-0.39, 0.29) is 11.9 Å². The van der Waals surface area contributed by atoms with Crippen molar-refractivity contribution in [2.45, 2.75) is 12.6 Å². The van der Waals surface area contributed by atoms with Crippen LogP contribution in [0.4, 0.5) is 4.39 Å². The second kappa shape index (κ2) is 6.11. The Morgan fingerprint density at radius 3 is 2.95 bits per heavy atom. The van der Waals surface area contributed by atoms with Crippen LogP contribution in [-0.4, -0.2) is 49.1 Å². The fourth-order valence-electron chi connectivity index (χ4n) is 2.46. The van der Waals surface area contributed by atoms with Crippen molar-refractivity contribution in [1.29, 1.82) is 5.26 Å². The highest BCUT2D eigenvalue weighted by Crippen LogP contribution is 2.16. The fourth-order valence-corrected chi connectivity index (χ4v) is 2.46. The first-order valence-corrected chi connectivity index (χ1v) is 6.45. The van der Waals surface area contributed by atoms with Gasteiger partial charge in [0, 0.05) is 44.3 Å². The number of rotatable bonds is 3. The molecule has 2 rings (SSSR count). The predicted octanol–water partition coefficient (Wildman–Crippen LogP) is 0.772. The molecule has 0 bridgehead atoms. The van der Waals surface area contributed by atoms with Crippen molar-refractivity contribution in [2.24, 2.45) is 5.73 Å². The summed E-state index contributed by atoms with van der Waals surface area (Å²) in [4.78, 5) is 4.43. The molecule has 0 aliphatic carbocycles. The summed E-state index contributed by atoms with van der Waals surface area (Å²) < 4.78 is 13.8. The third kappa shape index (κ3) is 3.29. The third-order valence-electron chi connectivity index (χ3n) is 3.63. The molecule has 0 amide bonds. The van der Waals surface area contributed by atoms with Crippen molar-refractivity contribution in [3.05, 3.63) is 35.1 Å². The minimum absolute atomic E-state index is 0.240. The van der Waals surface area contributed by atoms with Crippen molar-refractivity contribution in [3.63, 3.8) is 0 Å². The molecule has 1 atom stereocenters. The number of likely N-dealkylation sites (N-methyl/N-ethyl adjacent to an activating group) is 1. The molecule has 4 nitrogen and oxygen atoms in total. The van der Waals surface area contributed by atoms with Gasteiger partial charge in [0.2, 0.25) is 0 Å². The Balaban J connectivity index is 2.14. The van der Waals surface area contributed by atoms with Gasteiger partial charge in [-0.2, -0.15) is 5.26 Å². The molecule has 0 radical (unpaired) electrons. The summed E-state index contributed by atoms with van der Waals surface area (Å²) in [6.45, 7) is 3.79. The Morgan fingerprint density at radius 2 is 2.26 bits per heavy atom.